The number of amides is 1. The summed E-state index contributed by atoms with van der Waals surface area (Å²) in [5, 5.41) is 2.18. The summed E-state index contributed by atoms with van der Waals surface area (Å²) in [5.74, 6) is 0.919. The van der Waals surface area contributed by atoms with Crippen LogP contribution in [0.15, 0.2) is 72.8 Å². The second-order valence-corrected chi connectivity index (χ2v) is 9.83. The van der Waals surface area contributed by atoms with Gasteiger partial charge in [0.2, 0.25) is 0 Å². The van der Waals surface area contributed by atoms with E-state index in [0.717, 1.165) is 22.5 Å². The van der Waals surface area contributed by atoms with Crippen molar-refractivity contribution in [2.75, 3.05) is 12.4 Å². The van der Waals surface area contributed by atoms with Crippen LogP contribution in [0.2, 0.25) is 0 Å². The molecule has 1 unspecified atom stereocenters. The van der Waals surface area contributed by atoms with E-state index in [1.807, 2.05) is 18.2 Å². The van der Waals surface area contributed by atoms with E-state index in [1.165, 1.54) is 36.6 Å². The number of methoxy groups -OCH3 is 1. The van der Waals surface area contributed by atoms with Crippen molar-refractivity contribution in [1.82, 2.24) is 0 Å². The molecule has 1 aliphatic rings. The molecule has 1 atom stereocenters. The molecule has 1 N–H and O–H groups in total. The number of ether oxygens (including phenoxy) is 2. The molecule has 1 heterocycles. The van der Waals surface area contributed by atoms with Crippen LogP contribution in [-0.2, 0) is 4.74 Å². The van der Waals surface area contributed by atoms with Gasteiger partial charge in [0.05, 0.1) is 17.7 Å². The maximum absolute atomic E-state index is 14.3. The Kier molecular flexibility index (Phi) is 6.74. The Balaban J connectivity index is 1.36. The quantitative estimate of drug-likeness (QED) is 0.274. The average molecular weight is 506 g/mol. The van der Waals surface area contributed by atoms with Crippen LogP contribution in [-0.4, -0.2) is 13.2 Å². The number of benzene rings is 3. The van der Waals surface area contributed by atoms with Crippen molar-refractivity contribution in [3.05, 3.63) is 94.9 Å². The summed E-state index contributed by atoms with van der Waals surface area (Å²) < 4.78 is 38.8. The summed E-state index contributed by atoms with van der Waals surface area (Å²) in [4.78, 5) is 13.1. The number of carbonyl (C=O) groups is 1. The van der Waals surface area contributed by atoms with E-state index in [4.69, 9.17) is 9.47 Å². The molecule has 1 aromatic heterocycles. The Morgan fingerprint density at radius 2 is 1.75 bits per heavy atom. The molecule has 184 valence electrons. The van der Waals surface area contributed by atoms with Crippen LogP contribution in [0.4, 0.5) is 19.3 Å². The van der Waals surface area contributed by atoms with Crippen LogP contribution in [0.25, 0.3) is 21.6 Å². The zero-order chi connectivity index (χ0) is 25.2. The number of rotatable bonds is 7. The monoisotopic (exact) mass is 505 g/mol. The normalized spacial score (nSPS) is 13.8. The molecule has 5 rings (SSSR count). The maximum Gasteiger partial charge on any atom is 0.412 e. The van der Waals surface area contributed by atoms with Crippen molar-refractivity contribution < 1.29 is 23.0 Å². The van der Waals surface area contributed by atoms with E-state index < -0.39 is 23.1 Å². The molecule has 0 saturated heterocycles. The van der Waals surface area contributed by atoms with Crippen LogP contribution >= 0.6 is 11.3 Å². The van der Waals surface area contributed by atoms with Crippen LogP contribution in [0.1, 0.15) is 42.9 Å². The molecule has 0 bridgehead atoms. The van der Waals surface area contributed by atoms with E-state index in [9.17, 15) is 13.6 Å². The molecule has 4 aromatic rings. The number of halogens is 2. The predicted molar refractivity (Wildman–Crippen MR) is 139 cm³/mol. The summed E-state index contributed by atoms with van der Waals surface area (Å²) in [6.07, 6.45) is 1.06. The third-order valence-electron chi connectivity index (χ3n) is 6.27. The molecule has 1 fully saturated rings. The Labute approximate surface area is 212 Å². The van der Waals surface area contributed by atoms with Gasteiger partial charge in [0.1, 0.15) is 17.7 Å². The lowest BCUT2D eigenvalue weighted by molar-refractivity contribution is 0.121. The molecule has 1 aliphatic carbocycles. The van der Waals surface area contributed by atoms with Crippen LogP contribution in [0.3, 0.4) is 0 Å². The molecule has 1 saturated carbocycles. The van der Waals surface area contributed by atoms with Gasteiger partial charge in [-0.1, -0.05) is 48.5 Å². The summed E-state index contributed by atoms with van der Waals surface area (Å²) in [5.41, 5.74) is 4.84. The predicted octanol–water partition coefficient (Wildman–Crippen LogP) is 8.56. The van der Waals surface area contributed by atoms with E-state index in [2.05, 4.69) is 29.6 Å². The van der Waals surface area contributed by atoms with Gasteiger partial charge in [0.15, 0.2) is 5.13 Å². The molecular formula is C29H25F2NO3S. The number of anilines is 1. The second kappa shape index (κ2) is 10.1. The molecule has 4 nitrogen and oxygen atoms in total. The Bertz CT molecular complexity index is 1400. The first-order valence-corrected chi connectivity index (χ1v) is 12.5. The zero-order valence-corrected chi connectivity index (χ0v) is 20.7. The molecule has 3 aromatic carbocycles. The fraction of sp³-hybridized carbons (Fsp3) is 0.207. The van der Waals surface area contributed by atoms with Gasteiger partial charge in [0, 0.05) is 11.6 Å². The highest BCUT2D eigenvalue weighted by Crippen LogP contribution is 2.43. The van der Waals surface area contributed by atoms with Crippen LogP contribution in [0.5, 0.6) is 5.75 Å². The molecular weight excluding hydrogens is 480 g/mol. The van der Waals surface area contributed by atoms with Gasteiger partial charge < -0.3 is 9.47 Å². The Morgan fingerprint density at radius 3 is 2.44 bits per heavy atom. The first-order valence-electron chi connectivity index (χ1n) is 11.7. The van der Waals surface area contributed by atoms with Gasteiger partial charge in [-0.3, -0.25) is 5.32 Å². The van der Waals surface area contributed by atoms with Crippen molar-refractivity contribution in [2.24, 2.45) is 0 Å². The highest BCUT2D eigenvalue weighted by atomic mass is 32.1. The molecule has 0 radical (unpaired) electrons. The van der Waals surface area contributed by atoms with E-state index in [0.29, 0.717) is 27.7 Å². The molecule has 1 amide bonds. The first kappa shape index (κ1) is 24.0. The second-order valence-electron chi connectivity index (χ2n) is 8.83. The summed E-state index contributed by atoms with van der Waals surface area (Å²) in [6.45, 7) is 1.64. The van der Waals surface area contributed by atoms with Gasteiger partial charge in [-0.25, -0.2) is 9.18 Å². The standard InChI is InChI=1S/C29H25F2NO3S/c1-17(21-4-3-5-23(30)14-21)35-29(33)32-25-16-27(31)36-28(25)22-12-13-24(26(15-22)34-2)20-10-8-19(9-11-20)18-6-7-18/h3-5,8-18H,6-7H2,1-2H3,(H,32,33). The average Bonchev–Trinajstić information content (AvgIpc) is 3.66. The van der Waals surface area contributed by atoms with Crippen LogP contribution in [0, 0.1) is 10.9 Å². The van der Waals surface area contributed by atoms with Crippen molar-refractivity contribution >= 4 is 23.1 Å². The number of carbonyl (C=O) groups excluding carboxylic acids is 1. The topological polar surface area (TPSA) is 47.6 Å². The minimum Gasteiger partial charge on any atom is -0.496 e. The molecule has 0 aliphatic heterocycles. The van der Waals surface area contributed by atoms with Gasteiger partial charge in [-0.05, 0) is 66.1 Å². The van der Waals surface area contributed by atoms with Crippen molar-refractivity contribution in [3.8, 4) is 27.3 Å². The largest absolute Gasteiger partial charge is 0.496 e. The first-order chi connectivity index (χ1) is 17.4. The highest BCUT2D eigenvalue weighted by molar-refractivity contribution is 7.14. The summed E-state index contributed by atoms with van der Waals surface area (Å²) in [7, 11) is 1.60. The minimum absolute atomic E-state index is 0.289. The van der Waals surface area contributed by atoms with E-state index >= 15 is 0 Å². The number of nitrogens with one attached hydrogen (secondary N) is 1. The maximum atomic E-state index is 14.3. The number of hydrogen-bond acceptors (Lipinski definition) is 4. The molecule has 0 spiro atoms. The fourth-order valence-corrected chi connectivity index (χ4v) is 5.05. The lowest BCUT2D eigenvalue weighted by Gasteiger charge is -2.15. The zero-order valence-electron chi connectivity index (χ0n) is 19.9. The van der Waals surface area contributed by atoms with E-state index in [1.54, 1.807) is 26.2 Å². The van der Waals surface area contributed by atoms with Gasteiger partial charge in [0.25, 0.3) is 0 Å². The number of thiophene rings is 1. The lowest BCUT2D eigenvalue weighted by Crippen LogP contribution is -2.16. The smallest absolute Gasteiger partial charge is 0.412 e. The molecule has 36 heavy (non-hydrogen) atoms. The van der Waals surface area contributed by atoms with Crippen LogP contribution < -0.4 is 10.1 Å². The Hall–Kier alpha value is -3.71. The molecule has 7 heteroatoms. The van der Waals surface area contributed by atoms with Crippen molar-refractivity contribution in [1.29, 1.82) is 0 Å². The van der Waals surface area contributed by atoms with Gasteiger partial charge >= 0.3 is 6.09 Å². The SMILES string of the molecule is COc1cc(-c2sc(F)cc2NC(=O)OC(C)c2cccc(F)c2)ccc1-c1ccc(C2CC2)cc1. The van der Waals surface area contributed by atoms with Gasteiger partial charge in [-0.15, -0.1) is 11.3 Å². The third kappa shape index (κ3) is 5.26. The third-order valence-corrected chi connectivity index (χ3v) is 7.25. The summed E-state index contributed by atoms with van der Waals surface area (Å²) in [6, 6.07) is 21.3. The fourth-order valence-electron chi connectivity index (χ4n) is 4.22. The summed E-state index contributed by atoms with van der Waals surface area (Å²) >= 11 is 0.918. The van der Waals surface area contributed by atoms with Gasteiger partial charge in [-0.2, -0.15) is 4.39 Å². The highest BCUT2D eigenvalue weighted by Gasteiger charge is 2.23. The van der Waals surface area contributed by atoms with Crippen molar-refractivity contribution in [2.45, 2.75) is 31.8 Å². The van der Waals surface area contributed by atoms with Crippen molar-refractivity contribution in [3.63, 3.8) is 0 Å². The van der Waals surface area contributed by atoms with E-state index in [-0.39, 0.29) is 5.69 Å². The number of hydrogen-bond donors (Lipinski definition) is 1. The lowest BCUT2D eigenvalue weighted by atomic mass is 9.99. The Morgan fingerprint density at radius 1 is 1.00 bits per heavy atom. The minimum atomic E-state index is -0.759.